The van der Waals surface area contributed by atoms with Gasteiger partial charge < -0.3 is 0 Å². The Hall–Kier alpha value is 0.1000. The fourth-order valence-corrected chi connectivity index (χ4v) is 2.48. The molecule has 0 bridgehead atoms. The molecule has 1 nitrogen and oxygen atoms in total. The van der Waals surface area contributed by atoms with Crippen LogP contribution in [0.15, 0.2) is 22.7 Å². The van der Waals surface area contributed by atoms with Gasteiger partial charge in [-0.25, -0.2) is 0 Å². The van der Waals surface area contributed by atoms with E-state index in [0.29, 0.717) is 0 Å². The van der Waals surface area contributed by atoms with Gasteiger partial charge in [0.2, 0.25) is 0 Å². The highest BCUT2D eigenvalue weighted by atomic mass is 127. The fourth-order valence-electron chi connectivity index (χ4n) is 1.52. The topological polar surface area (TPSA) is 17.1 Å². The molecule has 3 heteroatoms. The van der Waals surface area contributed by atoms with E-state index in [2.05, 4.69) is 45.4 Å². The zero-order valence-corrected chi connectivity index (χ0v) is 12.6. The highest BCUT2D eigenvalue weighted by Crippen LogP contribution is 2.22. The van der Waals surface area contributed by atoms with Crippen molar-refractivity contribution in [3.63, 3.8) is 0 Å². The average molecular weight is 381 g/mol. The van der Waals surface area contributed by atoms with Crippen molar-refractivity contribution in [3.8, 4) is 0 Å². The number of rotatable bonds is 4. The quantitative estimate of drug-likeness (QED) is 0.547. The standard InChI is InChI=1S/C12H14BrIO/c1-3-4-8(2)12(15)10-7-9(13)5-6-11(10)14/h5-8H,3-4H2,1-2H3. The third-order valence-electron chi connectivity index (χ3n) is 2.36. The van der Waals surface area contributed by atoms with Gasteiger partial charge in [0.15, 0.2) is 5.78 Å². The molecule has 0 saturated carbocycles. The Kier molecular flexibility index (Phi) is 5.26. The van der Waals surface area contributed by atoms with E-state index in [1.807, 2.05) is 25.1 Å². The van der Waals surface area contributed by atoms with Crippen LogP contribution in [0, 0.1) is 9.49 Å². The number of carbonyl (C=O) groups is 1. The van der Waals surface area contributed by atoms with Crippen LogP contribution < -0.4 is 0 Å². The fraction of sp³-hybridized carbons (Fsp3) is 0.417. The van der Waals surface area contributed by atoms with Crippen molar-refractivity contribution in [2.75, 3.05) is 0 Å². The lowest BCUT2D eigenvalue weighted by Crippen LogP contribution is -2.12. The number of benzene rings is 1. The third-order valence-corrected chi connectivity index (χ3v) is 3.80. The van der Waals surface area contributed by atoms with E-state index < -0.39 is 0 Å². The van der Waals surface area contributed by atoms with E-state index in [4.69, 9.17) is 0 Å². The Morgan fingerprint density at radius 3 is 2.80 bits per heavy atom. The van der Waals surface area contributed by atoms with Crippen LogP contribution in [0.3, 0.4) is 0 Å². The Bertz CT molecular complexity index is 363. The first kappa shape index (κ1) is 13.2. The van der Waals surface area contributed by atoms with E-state index in [-0.39, 0.29) is 11.7 Å². The summed E-state index contributed by atoms with van der Waals surface area (Å²) in [5, 5.41) is 0. The van der Waals surface area contributed by atoms with E-state index in [0.717, 1.165) is 26.4 Å². The van der Waals surface area contributed by atoms with E-state index >= 15 is 0 Å². The summed E-state index contributed by atoms with van der Waals surface area (Å²) >= 11 is 5.61. The van der Waals surface area contributed by atoms with Gasteiger partial charge in [-0.15, -0.1) is 0 Å². The van der Waals surface area contributed by atoms with Gasteiger partial charge in [0.05, 0.1) is 0 Å². The van der Waals surface area contributed by atoms with Crippen LogP contribution in [0.25, 0.3) is 0 Å². The van der Waals surface area contributed by atoms with E-state index in [1.54, 1.807) is 0 Å². The minimum atomic E-state index is 0.123. The number of halogens is 2. The predicted molar refractivity (Wildman–Crippen MR) is 75.3 cm³/mol. The van der Waals surface area contributed by atoms with Gasteiger partial charge in [-0.3, -0.25) is 4.79 Å². The normalized spacial score (nSPS) is 12.5. The highest BCUT2D eigenvalue weighted by Gasteiger charge is 2.16. The smallest absolute Gasteiger partial charge is 0.166 e. The Labute approximate surface area is 113 Å². The van der Waals surface area contributed by atoms with Gasteiger partial charge in [0.1, 0.15) is 0 Å². The molecule has 82 valence electrons. The second kappa shape index (κ2) is 5.99. The van der Waals surface area contributed by atoms with E-state index in [1.165, 1.54) is 0 Å². The molecule has 0 fully saturated rings. The van der Waals surface area contributed by atoms with Crippen molar-refractivity contribution in [2.24, 2.45) is 5.92 Å². The van der Waals surface area contributed by atoms with Crippen molar-refractivity contribution < 1.29 is 4.79 Å². The molecule has 0 spiro atoms. The van der Waals surface area contributed by atoms with Crippen LogP contribution in [0.4, 0.5) is 0 Å². The zero-order chi connectivity index (χ0) is 11.4. The summed E-state index contributed by atoms with van der Waals surface area (Å²) in [7, 11) is 0. The lowest BCUT2D eigenvalue weighted by atomic mass is 9.95. The van der Waals surface area contributed by atoms with Crippen molar-refractivity contribution in [1.29, 1.82) is 0 Å². The van der Waals surface area contributed by atoms with Gasteiger partial charge in [-0.1, -0.05) is 36.2 Å². The Morgan fingerprint density at radius 1 is 1.53 bits per heavy atom. The maximum Gasteiger partial charge on any atom is 0.166 e. The number of ketones is 1. The lowest BCUT2D eigenvalue weighted by Gasteiger charge is -2.10. The summed E-state index contributed by atoms with van der Waals surface area (Å²) < 4.78 is 2.00. The minimum absolute atomic E-state index is 0.123. The molecule has 1 unspecified atom stereocenters. The molecule has 1 aromatic rings. The van der Waals surface area contributed by atoms with Crippen molar-refractivity contribution in [2.45, 2.75) is 26.7 Å². The van der Waals surface area contributed by atoms with E-state index in [9.17, 15) is 4.79 Å². The van der Waals surface area contributed by atoms with Gasteiger partial charge >= 0.3 is 0 Å². The lowest BCUT2D eigenvalue weighted by molar-refractivity contribution is 0.0922. The summed E-state index contributed by atoms with van der Waals surface area (Å²) in [6.45, 7) is 4.11. The molecule has 1 rings (SSSR count). The summed E-state index contributed by atoms with van der Waals surface area (Å²) in [6.07, 6.45) is 2.01. The molecule has 15 heavy (non-hydrogen) atoms. The SMILES string of the molecule is CCCC(C)C(=O)c1cc(Br)ccc1I. The van der Waals surface area contributed by atoms with Crippen LogP contribution in [-0.2, 0) is 0 Å². The maximum atomic E-state index is 12.1. The second-order valence-electron chi connectivity index (χ2n) is 3.68. The van der Waals surface area contributed by atoms with Crippen LogP contribution in [-0.4, -0.2) is 5.78 Å². The molecular weight excluding hydrogens is 367 g/mol. The first-order valence-electron chi connectivity index (χ1n) is 5.05. The number of carbonyl (C=O) groups excluding carboxylic acids is 1. The zero-order valence-electron chi connectivity index (χ0n) is 8.89. The van der Waals surface area contributed by atoms with Gasteiger partial charge in [-0.05, 0) is 47.2 Å². The molecule has 1 atom stereocenters. The molecule has 0 amide bonds. The Morgan fingerprint density at radius 2 is 2.20 bits per heavy atom. The van der Waals surface area contributed by atoms with Crippen molar-refractivity contribution in [3.05, 3.63) is 31.8 Å². The van der Waals surface area contributed by atoms with Gasteiger partial charge in [-0.2, -0.15) is 0 Å². The van der Waals surface area contributed by atoms with Crippen molar-refractivity contribution >= 4 is 44.3 Å². The summed E-state index contributed by atoms with van der Waals surface area (Å²) in [6, 6.07) is 5.84. The number of Topliss-reactive ketones (excluding diaryl/α,β-unsaturated/α-hetero) is 1. The highest BCUT2D eigenvalue weighted by molar-refractivity contribution is 14.1. The molecular formula is C12H14BrIO. The largest absolute Gasteiger partial charge is 0.294 e. The molecule has 0 heterocycles. The van der Waals surface area contributed by atoms with Crippen LogP contribution >= 0.6 is 38.5 Å². The molecule has 0 N–H and O–H groups in total. The molecule has 0 aromatic heterocycles. The summed E-state index contributed by atoms with van der Waals surface area (Å²) in [5.74, 6) is 0.375. The first-order valence-corrected chi connectivity index (χ1v) is 6.92. The average Bonchev–Trinajstić information content (AvgIpc) is 2.21. The molecule has 0 saturated heterocycles. The van der Waals surface area contributed by atoms with Gasteiger partial charge in [0.25, 0.3) is 0 Å². The molecule has 0 aliphatic rings. The van der Waals surface area contributed by atoms with Crippen LogP contribution in [0.5, 0.6) is 0 Å². The molecule has 0 radical (unpaired) electrons. The molecule has 0 aliphatic heterocycles. The monoisotopic (exact) mass is 380 g/mol. The first-order chi connectivity index (χ1) is 7.06. The number of hydrogen-bond acceptors (Lipinski definition) is 1. The summed E-state index contributed by atoms with van der Waals surface area (Å²) in [5.41, 5.74) is 0.839. The summed E-state index contributed by atoms with van der Waals surface area (Å²) in [4.78, 5) is 12.1. The predicted octanol–water partition coefficient (Wildman–Crippen LogP) is 4.67. The van der Waals surface area contributed by atoms with Crippen molar-refractivity contribution in [1.82, 2.24) is 0 Å². The molecule has 0 aliphatic carbocycles. The molecule has 1 aromatic carbocycles. The van der Waals surface area contributed by atoms with Crippen LogP contribution in [0.2, 0.25) is 0 Å². The van der Waals surface area contributed by atoms with Gasteiger partial charge in [0, 0.05) is 19.5 Å². The third kappa shape index (κ3) is 3.55. The Balaban J connectivity index is 2.95. The minimum Gasteiger partial charge on any atom is -0.294 e. The number of hydrogen-bond donors (Lipinski definition) is 0. The second-order valence-corrected chi connectivity index (χ2v) is 5.76. The van der Waals surface area contributed by atoms with Crippen LogP contribution in [0.1, 0.15) is 37.0 Å². The maximum absolute atomic E-state index is 12.1.